The van der Waals surface area contributed by atoms with Crippen molar-refractivity contribution in [2.45, 2.75) is 6.61 Å². The smallest absolute Gasteiger partial charge is 0.254 e. The predicted molar refractivity (Wildman–Crippen MR) is 112 cm³/mol. The highest BCUT2D eigenvalue weighted by molar-refractivity contribution is 5.82. The molecule has 0 bridgehead atoms. The summed E-state index contributed by atoms with van der Waals surface area (Å²) in [6, 6.07) is 24.9. The second kappa shape index (κ2) is 8.19. The molecule has 1 heterocycles. The van der Waals surface area contributed by atoms with Gasteiger partial charge in [-0.2, -0.15) is 5.10 Å². The predicted octanol–water partition coefficient (Wildman–Crippen LogP) is 5.58. The van der Waals surface area contributed by atoms with Gasteiger partial charge in [0.05, 0.1) is 12.3 Å². The third-order valence-electron chi connectivity index (χ3n) is 4.31. The van der Waals surface area contributed by atoms with Gasteiger partial charge in [-0.3, -0.25) is 5.10 Å². The number of hydrogen-bond acceptors (Lipinski definition) is 4. The fraction of sp³-hybridized carbons (Fsp3) is 0.0435. The molecule has 0 atom stereocenters. The second-order valence-electron chi connectivity index (χ2n) is 6.32. The van der Waals surface area contributed by atoms with Crippen LogP contribution in [-0.2, 0) is 6.61 Å². The number of anilines is 1. The molecule has 4 rings (SSSR count). The van der Waals surface area contributed by atoms with Gasteiger partial charge in [0.2, 0.25) is 0 Å². The summed E-state index contributed by atoms with van der Waals surface area (Å²) in [6.45, 7) is 7.74. The average molecular weight is 382 g/mol. The van der Waals surface area contributed by atoms with Crippen LogP contribution in [0.1, 0.15) is 5.56 Å². The lowest BCUT2D eigenvalue weighted by Gasteiger charge is -2.10. The Morgan fingerprint density at radius 2 is 1.66 bits per heavy atom. The van der Waals surface area contributed by atoms with Gasteiger partial charge < -0.3 is 15.2 Å². The Hall–Kier alpha value is -4.24. The lowest BCUT2D eigenvalue weighted by Crippen LogP contribution is -1.95. The summed E-state index contributed by atoms with van der Waals surface area (Å²) in [5, 5.41) is 6.70. The Balaban J connectivity index is 1.45. The van der Waals surface area contributed by atoms with E-state index in [-0.39, 0.29) is 5.82 Å². The van der Waals surface area contributed by atoms with Gasteiger partial charge in [0.15, 0.2) is 5.82 Å². The molecule has 1 aromatic heterocycles. The Morgan fingerprint density at radius 1 is 0.897 bits per heavy atom. The number of hydrogen-bond donors (Lipinski definition) is 2. The fourth-order valence-corrected chi connectivity index (χ4v) is 2.86. The van der Waals surface area contributed by atoms with E-state index >= 15 is 0 Å². The van der Waals surface area contributed by atoms with Crippen molar-refractivity contribution in [2.24, 2.45) is 0 Å². The van der Waals surface area contributed by atoms with Crippen LogP contribution in [0.2, 0.25) is 0 Å². The largest absolute Gasteiger partial charge is 0.489 e. The van der Waals surface area contributed by atoms with Crippen molar-refractivity contribution in [1.29, 1.82) is 0 Å². The van der Waals surface area contributed by atoms with Gasteiger partial charge in [0.25, 0.3) is 5.69 Å². The number of nitrogen functional groups attached to an aromatic ring is 1. The summed E-state index contributed by atoms with van der Waals surface area (Å²) < 4.78 is 11.8. The van der Waals surface area contributed by atoms with Crippen molar-refractivity contribution >= 4 is 11.5 Å². The van der Waals surface area contributed by atoms with E-state index in [1.54, 1.807) is 0 Å². The number of benzene rings is 3. The lowest BCUT2D eigenvalue weighted by molar-refractivity contribution is 0.304. The summed E-state index contributed by atoms with van der Waals surface area (Å²) >= 11 is 0. The van der Waals surface area contributed by atoms with E-state index in [1.807, 2.05) is 78.9 Å². The monoisotopic (exact) mass is 382 g/mol. The first kappa shape index (κ1) is 18.1. The van der Waals surface area contributed by atoms with E-state index in [1.165, 1.54) is 0 Å². The van der Waals surface area contributed by atoms with Crippen LogP contribution in [0.3, 0.4) is 0 Å². The molecule has 6 nitrogen and oxygen atoms in total. The summed E-state index contributed by atoms with van der Waals surface area (Å²) in [5.74, 6) is 2.28. The third-order valence-corrected chi connectivity index (χ3v) is 4.31. The van der Waals surface area contributed by atoms with Crippen molar-refractivity contribution in [2.75, 3.05) is 5.73 Å². The molecule has 0 amide bonds. The maximum absolute atomic E-state index is 7.24. The molecule has 0 aliphatic carbocycles. The summed E-state index contributed by atoms with van der Waals surface area (Å²) in [7, 11) is 0. The Bertz CT molecular complexity index is 1150. The normalized spacial score (nSPS) is 10.3. The van der Waals surface area contributed by atoms with Gasteiger partial charge in [-0.15, -0.1) is 0 Å². The van der Waals surface area contributed by atoms with Crippen molar-refractivity contribution in [3.8, 4) is 28.5 Å². The van der Waals surface area contributed by atoms with E-state index in [0.717, 1.165) is 16.9 Å². The maximum Gasteiger partial charge on any atom is 0.254 e. The molecule has 4 aromatic rings. The van der Waals surface area contributed by atoms with Crippen LogP contribution in [-0.4, -0.2) is 10.2 Å². The Labute approximate surface area is 168 Å². The first-order chi connectivity index (χ1) is 14.2. The van der Waals surface area contributed by atoms with Gasteiger partial charge in [-0.05, 0) is 35.4 Å². The molecule has 142 valence electrons. The minimum Gasteiger partial charge on any atom is -0.489 e. The standard InChI is InChI=1S/C23H18N4O2/c1-25-22-21(26-27-23(22)24)17-10-12-18(13-11-17)29-20-9-5-8-19(14-20)28-15-16-6-3-2-4-7-16/h2-14H,15H2,(H3,24,26,27). The van der Waals surface area contributed by atoms with Crippen LogP contribution < -0.4 is 15.2 Å². The number of H-pyrrole nitrogens is 1. The number of nitrogens with zero attached hydrogens (tertiary/aromatic N) is 2. The molecule has 3 N–H and O–H groups in total. The van der Waals surface area contributed by atoms with Crippen molar-refractivity contribution in [3.05, 3.63) is 95.8 Å². The second-order valence-corrected chi connectivity index (χ2v) is 6.32. The summed E-state index contributed by atoms with van der Waals surface area (Å²) in [6.07, 6.45) is 0. The van der Waals surface area contributed by atoms with E-state index in [2.05, 4.69) is 15.0 Å². The van der Waals surface area contributed by atoms with Crippen molar-refractivity contribution in [1.82, 2.24) is 10.2 Å². The van der Waals surface area contributed by atoms with Gasteiger partial charge >= 0.3 is 0 Å². The zero-order chi connectivity index (χ0) is 20.1. The highest BCUT2D eigenvalue weighted by Gasteiger charge is 2.12. The van der Waals surface area contributed by atoms with Crippen LogP contribution in [0.4, 0.5) is 11.5 Å². The SMILES string of the molecule is [C-]#[N+]c1c(N)n[nH]c1-c1ccc(Oc2cccc(OCc3ccccc3)c2)cc1. The zero-order valence-electron chi connectivity index (χ0n) is 15.5. The quantitative estimate of drug-likeness (QED) is 0.427. The number of ether oxygens (including phenoxy) is 2. The third kappa shape index (κ3) is 4.20. The van der Waals surface area contributed by atoms with Gasteiger partial charge in [-0.1, -0.05) is 48.5 Å². The number of nitrogens with two attached hydrogens (primary N) is 1. The minimum atomic E-state index is 0.197. The molecular weight excluding hydrogens is 364 g/mol. The van der Waals surface area contributed by atoms with Crippen LogP contribution in [0.15, 0.2) is 78.9 Å². The molecule has 0 fully saturated rings. The van der Waals surface area contributed by atoms with E-state index in [9.17, 15) is 0 Å². The number of aromatic nitrogens is 2. The molecule has 0 saturated carbocycles. The molecule has 29 heavy (non-hydrogen) atoms. The lowest BCUT2D eigenvalue weighted by atomic mass is 10.1. The van der Waals surface area contributed by atoms with Crippen molar-refractivity contribution in [3.63, 3.8) is 0 Å². The first-order valence-corrected chi connectivity index (χ1v) is 8.99. The average Bonchev–Trinajstić information content (AvgIpc) is 3.14. The van der Waals surface area contributed by atoms with E-state index < -0.39 is 0 Å². The maximum atomic E-state index is 7.24. The molecule has 0 radical (unpaired) electrons. The molecule has 0 aliphatic heterocycles. The molecule has 0 aliphatic rings. The van der Waals surface area contributed by atoms with Crippen molar-refractivity contribution < 1.29 is 9.47 Å². The highest BCUT2D eigenvalue weighted by atomic mass is 16.5. The molecule has 3 aromatic carbocycles. The number of nitrogens with one attached hydrogen (secondary N) is 1. The summed E-state index contributed by atoms with van der Waals surface area (Å²) in [4.78, 5) is 3.43. The number of rotatable bonds is 6. The number of aromatic amines is 1. The van der Waals surface area contributed by atoms with Crippen LogP contribution in [0, 0.1) is 6.57 Å². The Kier molecular flexibility index (Phi) is 5.12. The van der Waals surface area contributed by atoms with Crippen LogP contribution in [0.25, 0.3) is 16.1 Å². The van der Waals surface area contributed by atoms with E-state index in [4.69, 9.17) is 21.8 Å². The fourth-order valence-electron chi connectivity index (χ4n) is 2.86. The minimum absolute atomic E-state index is 0.197. The molecule has 6 heteroatoms. The van der Waals surface area contributed by atoms with Gasteiger partial charge in [0, 0.05) is 6.07 Å². The zero-order valence-corrected chi connectivity index (χ0v) is 15.5. The topological polar surface area (TPSA) is 77.5 Å². The molecular formula is C23H18N4O2. The van der Waals surface area contributed by atoms with Gasteiger partial charge in [0.1, 0.15) is 23.9 Å². The highest BCUT2D eigenvalue weighted by Crippen LogP contribution is 2.34. The molecule has 0 spiro atoms. The Morgan fingerprint density at radius 3 is 2.41 bits per heavy atom. The van der Waals surface area contributed by atoms with Crippen LogP contribution >= 0.6 is 0 Å². The van der Waals surface area contributed by atoms with Gasteiger partial charge in [-0.25, -0.2) is 4.85 Å². The van der Waals surface area contributed by atoms with E-state index in [0.29, 0.717) is 29.5 Å². The van der Waals surface area contributed by atoms with Crippen LogP contribution in [0.5, 0.6) is 17.2 Å². The molecule has 0 saturated heterocycles. The summed E-state index contributed by atoms with van der Waals surface area (Å²) in [5.41, 5.74) is 8.54. The molecule has 0 unspecified atom stereocenters. The first-order valence-electron chi connectivity index (χ1n) is 8.99.